The van der Waals surface area contributed by atoms with Crippen molar-refractivity contribution in [2.45, 2.75) is 4.90 Å². The van der Waals surface area contributed by atoms with Gasteiger partial charge >= 0.3 is 6.03 Å². The Morgan fingerprint density at radius 3 is 2.89 bits per heavy atom. The molecule has 0 saturated carbocycles. The van der Waals surface area contributed by atoms with Gasteiger partial charge < -0.3 is 11.1 Å². The number of nitrogens with two attached hydrogens (primary N) is 1. The molecule has 1 aromatic rings. The van der Waals surface area contributed by atoms with Gasteiger partial charge in [0, 0.05) is 27.4 Å². The first-order valence-electron chi connectivity index (χ1n) is 5.34. The summed E-state index contributed by atoms with van der Waals surface area (Å²) in [4.78, 5) is 24.8. The summed E-state index contributed by atoms with van der Waals surface area (Å²) in [6.45, 7) is 0.490. The number of urea groups is 1. The predicted molar refractivity (Wildman–Crippen MR) is 74.4 cm³/mol. The Balaban J connectivity index is 1.90. The van der Waals surface area contributed by atoms with Crippen molar-refractivity contribution in [3.63, 3.8) is 0 Å². The zero-order valence-corrected chi connectivity index (χ0v) is 11.9. The number of anilines is 1. The van der Waals surface area contributed by atoms with Gasteiger partial charge in [-0.1, -0.05) is 15.9 Å². The molecule has 1 fully saturated rings. The molecule has 1 saturated heterocycles. The molecule has 3 amide bonds. The molecule has 96 valence electrons. The molecule has 1 aliphatic rings. The minimum Gasteiger partial charge on any atom is -0.398 e. The summed E-state index contributed by atoms with van der Waals surface area (Å²) in [5, 5.41) is 2.48. The van der Waals surface area contributed by atoms with Gasteiger partial charge in [0.2, 0.25) is 5.91 Å². The van der Waals surface area contributed by atoms with Gasteiger partial charge in [0.05, 0.1) is 6.54 Å². The van der Waals surface area contributed by atoms with Gasteiger partial charge in [-0.05, 0) is 18.2 Å². The Bertz CT molecular complexity index is 479. The number of carbonyl (C=O) groups is 2. The van der Waals surface area contributed by atoms with Crippen molar-refractivity contribution >= 4 is 45.3 Å². The summed E-state index contributed by atoms with van der Waals surface area (Å²) in [5.74, 6) is 0.447. The predicted octanol–water partition coefficient (Wildman–Crippen LogP) is 1.68. The highest BCUT2D eigenvalue weighted by Crippen LogP contribution is 2.28. The molecule has 0 atom stereocenters. The van der Waals surface area contributed by atoms with Crippen LogP contribution in [0.3, 0.4) is 0 Å². The third-order valence-corrected chi connectivity index (χ3v) is 4.03. The lowest BCUT2D eigenvalue weighted by molar-refractivity contribution is -0.124. The lowest BCUT2D eigenvalue weighted by Gasteiger charge is -2.12. The number of hydrogen-bond donors (Lipinski definition) is 2. The standard InChI is InChI=1S/C11H12BrN3O2S/c12-7-1-2-8(13)9(5-7)18-4-3-15-10(16)6-14-11(15)17/h1-2,5H,3-4,6,13H2,(H,14,17). The van der Waals surface area contributed by atoms with E-state index in [0.717, 1.165) is 9.37 Å². The number of thioether (sulfide) groups is 1. The van der Waals surface area contributed by atoms with Gasteiger partial charge in [-0.15, -0.1) is 11.8 Å². The number of nitrogens with zero attached hydrogens (tertiary/aromatic N) is 1. The number of halogens is 1. The van der Waals surface area contributed by atoms with Crippen molar-refractivity contribution in [1.29, 1.82) is 0 Å². The van der Waals surface area contributed by atoms with E-state index in [1.54, 1.807) is 0 Å². The lowest BCUT2D eigenvalue weighted by atomic mass is 10.3. The number of nitrogen functional groups attached to an aromatic ring is 1. The van der Waals surface area contributed by atoms with Crippen molar-refractivity contribution in [1.82, 2.24) is 10.2 Å². The average Bonchev–Trinajstić information content (AvgIpc) is 2.65. The summed E-state index contributed by atoms with van der Waals surface area (Å²) in [5.41, 5.74) is 6.53. The molecule has 0 bridgehead atoms. The topological polar surface area (TPSA) is 75.4 Å². The lowest BCUT2D eigenvalue weighted by Crippen LogP contribution is -2.32. The van der Waals surface area contributed by atoms with E-state index >= 15 is 0 Å². The quantitative estimate of drug-likeness (QED) is 0.500. The summed E-state index contributed by atoms with van der Waals surface area (Å²) >= 11 is 4.90. The fraction of sp³-hybridized carbons (Fsp3) is 0.273. The highest BCUT2D eigenvalue weighted by molar-refractivity contribution is 9.10. The van der Waals surface area contributed by atoms with Crippen LogP contribution in [0, 0.1) is 0 Å². The highest BCUT2D eigenvalue weighted by atomic mass is 79.9. The molecule has 1 aromatic carbocycles. The van der Waals surface area contributed by atoms with E-state index in [1.165, 1.54) is 16.7 Å². The maximum Gasteiger partial charge on any atom is 0.324 e. The summed E-state index contributed by atoms with van der Waals surface area (Å²) in [7, 11) is 0. The van der Waals surface area contributed by atoms with E-state index in [4.69, 9.17) is 5.73 Å². The van der Waals surface area contributed by atoms with Crippen LogP contribution in [0.2, 0.25) is 0 Å². The van der Waals surface area contributed by atoms with E-state index in [2.05, 4.69) is 21.2 Å². The second-order valence-electron chi connectivity index (χ2n) is 3.73. The fourth-order valence-corrected chi connectivity index (χ4v) is 3.01. The van der Waals surface area contributed by atoms with E-state index in [0.29, 0.717) is 18.0 Å². The van der Waals surface area contributed by atoms with Crippen LogP contribution < -0.4 is 11.1 Å². The maximum atomic E-state index is 11.3. The molecule has 18 heavy (non-hydrogen) atoms. The number of amides is 3. The maximum absolute atomic E-state index is 11.3. The van der Waals surface area contributed by atoms with Crippen LogP contribution in [0.15, 0.2) is 27.6 Å². The number of hydrogen-bond acceptors (Lipinski definition) is 4. The van der Waals surface area contributed by atoms with Gasteiger partial charge in [0.25, 0.3) is 0 Å². The second kappa shape index (κ2) is 5.62. The third kappa shape index (κ3) is 2.97. The molecule has 0 aromatic heterocycles. The zero-order valence-electron chi connectivity index (χ0n) is 9.48. The van der Waals surface area contributed by atoms with Crippen molar-refractivity contribution in [2.75, 3.05) is 24.6 Å². The number of carbonyl (C=O) groups excluding carboxylic acids is 2. The first kappa shape index (κ1) is 13.2. The van der Waals surface area contributed by atoms with Gasteiger partial charge in [-0.2, -0.15) is 0 Å². The van der Waals surface area contributed by atoms with Crippen molar-refractivity contribution < 1.29 is 9.59 Å². The summed E-state index contributed by atoms with van der Waals surface area (Å²) in [6.07, 6.45) is 0. The molecule has 3 N–H and O–H groups in total. The molecular weight excluding hydrogens is 318 g/mol. The zero-order chi connectivity index (χ0) is 13.1. The monoisotopic (exact) mass is 329 g/mol. The molecule has 7 heteroatoms. The number of nitrogens with one attached hydrogen (secondary N) is 1. The van der Waals surface area contributed by atoms with Crippen LogP contribution in [-0.2, 0) is 4.79 Å². The number of benzene rings is 1. The fourth-order valence-electron chi connectivity index (χ4n) is 1.56. The number of imide groups is 1. The van der Waals surface area contributed by atoms with E-state index < -0.39 is 0 Å². The van der Waals surface area contributed by atoms with Crippen LogP contribution in [0.25, 0.3) is 0 Å². The largest absolute Gasteiger partial charge is 0.398 e. The van der Waals surface area contributed by atoms with Crippen LogP contribution in [-0.4, -0.2) is 35.7 Å². The van der Waals surface area contributed by atoms with E-state index in [-0.39, 0.29) is 18.5 Å². The Morgan fingerprint density at radius 1 is 1.44 bits per heavy atom. The minimum absolute atomic E-state index is 0.0997. The molecule has 1 heterocycles. The van der Waals surface area contributed by atoms with Crippen LogP contribution in [0.4, 0.5) is 10.5 Å². The van der Waals surface area contributed by atoms with Crippen LogP contribution >= 0.6 is 27.7 Å². The molecule has 0 radical (unpaired) electrons. The summed E-state index contributed by atoms with van der Waals surface area (Å²) < 4.78 is 0.953. The first-order valence-corrected chi connectivity index (χ1v) is 7.12. The third-order valence-electron chi connectivity index (χ3n) is 2.49. The van der Waals surface area contributed by atoms with Gasteiger partial charge in [-0.3, -0.25) is 9.69 Å². The van der Waals surface area contributed by atoms with Crippen molar-refractivity contribution in [3.05, 3.63) is 22.7 Å². The Morgan fingerprint density at radius 2 is 2.22 bits per heavy atom. The molecular formula is C11H12BrN3O2S. The first-order chi connectivity index (χ1) is 8.58. The minimum atomic E-state index is -0.317. The average molecular weight is 330 g/mol. The van der Waals surface area contributed by atoms with Crippen molar-refractivity contribution in [2.24, 2.45) is 0 Å². The molecule has 2 rings (SSSR count). The molecule has 0 unspecified atom stereocenters. The van der Waals surface area contributed by atoms with Crippen molar-refractivity contribution in [3.8, 4) is 0 Å². The summed E-state index contributed by atoms with van der Waals surface area (Å²) in [6, 6.07) is 5.30. The second-order valence-corrected chi connectivity index (χ2v) is 5.79. The molecule has 5 nitrogen and oxygen atoms in total. The van der Waals surface area contributed by atoms with Crippen LogP contribution in [0.1, 0.15) is 0 Å². The van der Waals surface area contributed by atoms with Crippen LogP contribution in [0.5, 0.6) is 0 Å². The van der Waals surface area contributed by atoms with E-state index in [9.17, 15) is 9.59 Å². The SMILES string of the molecule is Nc1ccc(Br)cc1SCCN1C(=O)CNC1=O. The molecule has 0 aliphatic carbocycles. The van der Waals surface area contributed by atoms with Gasteiger partial charge in [0.1, 0.15) is 0 Å². The highest BCUT2D eigenvalue weighted by Gasteiger charge is 2.27. The van der Waals surface area contributed by atoms with Gasteiger partial charge in [0.15, 0.2) is 0 Å². The Labute approximate surface area is 117 Å². The Hall–Kier alpha value is -1.21. The molecule has 0 spiro atoms. The molecule has 1 aliphatic heterocycles. The van der Waals surface area contributed by atoms with E-state index in [1.807, 2.05) is 18.2 Å². The number of rotatable bonds is 4. The smallest absolute Gasteiger partial charge is 0.324 e. The Kier molecular flexibility index (Phi) is 4.13. The van der Waals surface area contributed by atoms with Gasteiger partial charge in [-0.25, -0.2) is 4.79 Å². The normalized spacial score (nSPS) is 15.1.